The molecule has 252 valence electrons. The lowest BCUT2D eigenvalue weighted by molar-refractivity contribution is -0.123. The second kappa shape index (κ2) is 14.8. The second-order valence-corrected chi connectivity index (χ2v) is 11.7. The van der Waals surface area contributed by atoms with Crippen LogP contribution in [-0.4, -0.2) is 90.9 Å². The van der Waals surface area contributed by atoms with Crippen LogP contribution in [0, 0.1) is 5.92 Å². The van der Waals surface area contributed by atoms with Gasteiger partial charge in [-0.05, 0) is 58.8 Å². The Morgan fingerprint density at radius 3 is 2.51 bits per heavy atom. The summed E-state index contributed by atoms with van der Waals surface area (Å²) in [5.41, 5.74) is 2.19. The molecule has 0 saturated heterocycles. The highest BCUT2D eigenvalue weighted by molar-refractivity contribution is 5.97. The number of tetrazole rings is 1. The first kappa shape index (κ1) is 32.8. The third kappa shape index (κ3) is 7.56. The van der Waals surface area contributed by atoms with Crippen molar-refractivity contribution in [2.24, 2.45) is 5.92 Å². The van der Waals surface area contributed by atoms with Gasteiger partial charge in [0, 0.05) is 29.8 Å². The quantitative estimate of drug-likeness (QED) is 0.285. The maximum Gasteiger partial charge on any atom is 0.254 e. The Morgan fingerprint density at radius 2 is 1.80 bits per heavy atom. The first-order valence-electron chi connectivity index (χ1n) is 15.8. The molecular formula is C34H36N10O5. The van der Waals surface area contributed by atoms with Crippen LogP contribution in [0.1, 0.15) is 46.4 Å². The Hall–Kier alpha value is -6.12. The average Bonchev–Trinajstić information content (AvgIpc) is 3.81. The molecule has 3 heterocycles. The van der Waals surface area contributed by atoms with Gasteiger partial charge in [-0.3, -0.25) is 14.4 Å². The predicted octanol–water partition coefficient (Wildman–Crippen LogP) is 2.71. The van der Waals surface area contributed by atoms with Crippen LogP contribution in [0.3, 0.4) is 0 Å². The van der Waals surface area contributed by atoms with Crippen LogP contribution >= 0.6 is 0 Å². The number of nitrogens with zero attached hydrogens (tertiary/aromatic N) is 8. The summed E-state index contributed by atoms with van der Waals surface area (Å²) in [6, 6.07) is 20.6. The molecule has 0 spiro atoms. The molecule has 0 fully saturated rings. The first-order valence-corrected chi connectivity index (χ1v) is 15.8. The Balaban J connectivity index is 1.34. The van der Waals surface area contributed by atoms with Gasteiger partial charge in [-0.25, -0.2) is 14.3 Å². The number of aromatic nitrogens is 7. The van der Waals surface area contributed by atoms with Crippen molar-refractivity contribution in [3.05, 3.63) is 96.1 Å². The van der Waals surface area contributed by atoms with Crippen molar-refractivity contribution in [3.63, 3.8) is 0 Å². The zero-order chi connectivity index (χ0) is 34.3. The van der Waals surface area contributed by atoms with E-state index >= 15 is 0 Å². The number of nitrogens with one attached hydrogen (secondary N) is 2. The zero-order valence-corrected chi connectivity index (χ0v) is 27.3. The monoisotopic (exact) mass is 664 g/mol. The van der Waals surface area contributed by atoms with E-state index in [4.69, 9.17) is 19.6 Å². The fraction of sp³-hybridized carbons (Fsp3) is 0.294. The molecular weight excluding hydrogens is 628 g/mol. The molecule has 6 rings (SSSR count). The standard InChI is InChI=1S/C34H36N10O5/c1-22(2)30-32-38-31(23-7-5-4-6-8-23)39-43(32)17-18-49-28-19-25(11-14-27(28)48-3)33(46)35-15-16-42(20-29(45)37-30)34(47)24-9-12-26(13-10-24)44-21-36-40-41-44/h4-14,19,21-22,30H,15-18,20H2,1-3H3,(H,35,46)(H,37,45)/t30-/m1/s1. The lowest BCUT2D eigenvalue weighted by atomic mass is 10.0. The van der Waals surface area contributed by atoms with E-state index in [-0.39, 0.29) is 44.0 Å². The molecule has 1 aliphatic rings. The van der Waals surface area contributed by atoms with Crippen LogP contribution in [0.15, 0.2) is 79.1 Å². The van der Waals surface area contributed by atoms with Crippen molar-refractivity contribution in [2.75, 3.05) is 33.4 Å². The summed E-state index contributed by atoms with van der Waals surface area (Å²) < 4.78 is 14.8. The molecule has 2 N–H and O–H groups in total. The molecule has 5 aromatic rings. The van der Waals surface area contributed by atoms with Gasteiger partial charge in [0.15, 0.2) is 23.1 Å². The van der Waals surface area contributed by atoms with E-state index in [1.807, 2.05) is 44.2 Å². The Bertz CT molecular complexity index is 1910. The lowest BCUT2D eigenvalue weighted by Gasteiger charge is -2.26. The normalized spacial score (nSPS) is 15.8. The molecule has 2 aromatic heterocycles. The van der Waals surface area contributed by atoms with Gasteiger partial charge in [0.25, 0.3) is 11.8 Å². The Morgan fingerprint density at radius 1 is 1.00 bits per heavy atom. The number of ether oxygens (including phenoxy) is 2. The Labute approximate surface area is 282 Å². The van der Waals surface area contributed by atoms with Crippen LogP contribution in [-0.2, 0) is 11.3 Å². The number of benzene rings is 3. The number of fused-ring (bicyclic) bond motifs is 3. The third-order valence-electron chi connectivity index (χ3n) is 8.00. The van der Waals surface area contributed by atoms with Crippen molar-refractivity contribution >= 4 is 17.7 Å². The molecule has 3 aromatic carbocycles. The Kier molecular flexibility index (Phi) is 9.88. The van der Waals surface area contributed by atoms with Gasteiger partial charge in [-0.15, -0.1) is 5.10 Å². The molecule has 0 unspecified atom stereocenters. The van der Waals surface area contributed by atoms with Gasteiger partial charge in [0.2, 0.25) is 5.91 Å². The second-order valence-electron chi connectivity index (χ2n) is 11.7. The van der Waals surface area contributed by atoms with Crippen LogP contribution in [0.2, 0.25) is 0 Å². The fourth-order valence-corrected chi connectivity index (χ4v) is 5.43. The molecule has 0 radical (unpaired) electrons. The lowest BCUT2D eigenvalue weighted by Crippen LogP contribution is -2.46. The van der Waals surface area contributed by atoms with E-state index in [1.165, 1.54) is 23.0 Å². The van der Waals surface area contributed by atoms with Gasteiger partial charge in [-0.2, -0.15) is 5.10 Å². The van der Waals surface area contributed by atoms with E-state index in [0.29, 0.717) is 46.5 Å². The molecule has 0 aliphatic carbocycles. The minimum absolute atomic E-state index is 0.0624. The summed E-state index contributed by atoms with van der Waals surface area (Å²) in [4.78, 5) is 47.0. The number of methoxy groups -OCH3 is 1. The van der Waals surface area contributed by atoms with E-state index < -0.39 is 11.9 Å². The van der Waals surface area contributed by atoms with Crippen LogP contribution in [0.25, 0.3) is 17.1 Å². The van der Waals surface area contributed by atoms with Crippen molar-refractivity contribution in [1.82, 2.24) is 50.5 Å². The molecule has 3 amide bonds. The van der Waals surface area contributed by atoms with Crippen molar-refractivity contribution in [1.29, 1.82) is 0 Å². The maximum atomic E-state index is 13.8. The average molecular weight is 665 g/mol. The number of rotatable bonds is 5. The number of amides is 3. The first-order chi connectivity index (χ1) is 23.8. The summed E-state index contributed by atoms with van der Waals surface area (Å²) in [6.45, 7) is 4.32. The number of hydrogen-bond donors (Lipinski definition) is 2. The smallest absolute Gasteiger partial charge is 0.254 e. The maximum absolute atomic E-state index is 13.8. The molecule has 1 aliphatic heterocycles. The van der Waals surface area contributed by atoms with Gasteiger partial charge in [0.05, 0.1) is 31.9 Å². The topological polar surface area (TPSA) is 171 Å². The van der Waals surface area contributed by atoms with Crippen LogP contribution in [0.4, 0.5) is 0 Å². The number of carbonyl (C=O) groups excluding carboxylic acids is 3. The zero-order valence-electron chi connectivity index (χ0n) is 27.3. The SMILES string of the molecule is COc1ccc2cc1OCCn1nc(-c3ccccc3)nc1[C@@H](C(C)C)NC(=O)CN(C(=O)c1ccc(-n3cnnn3)cc1)CCNC2=O. The molecule has 0 saturated carbocycles. The molecule has 49 heavy (non-hydrogen) atoms. The van der Waals surface area contributed by atoms with E-state index in [9.17, 15) is 14.4 Å². The summed E-state index contributed by atoms with van der Waals surface area (Å²) in [7, 11) is 1.53. The van der Waals surface area contributed by atoms with Crippen molar-refractivity contribution in [3.8, 4) is 28.6 Å². The van der Waals surface area contributed by atoms with Crippen LogP contribution in [0.5, 0.6) is 11.5 Å². The van der Waals surface area contributed by atoms with Crippen LogP contribution < -0.4 is 20.1 Å². The summed E-state index contributed by atoms with van der Waals surface area (Å²) in [5.74, 6) is 0.668. The number of carbonyl (C=O) groups is 3. The number of hydrogen-bond acceptors (Lipinski definition) is 10. The van der Waals surface area contributed by atoms with E-state index in [1.54, 1.807) is 47.1 Å². The fourth-order valence-electron chi connectivity index (χ4n) is 5.43. The van der Waals surface area contributed by atoms with Gasteiger partial charge >= 0.3 is 0 Å². The minimum atomic E-state index is -0.543. The third-order valence-corrected chi connectivity index (χ3v) is 8.00. The highest BCUT2D eigenvalue weighted by Crippen LogP contribution is 2.29. The van der Waals surface area contributed by atoms with Gasteiger partial charge in [0.1, 0.15) is 12.9 Å². The summed E-state index contributed by atoms with van der Waals surface area (Å²) in [6.07, 6.45) is 1.45. The summed E-state index contributed by atoms with van der Waals surface area (Å²) in [5, 5.41) is 21.9. The molecule has 15 heteroatoms. The molecule has 1 atom stereocenters. The van der Waals surface area contributed by atoms with Gasteiger partial charge < -0.3 is 25.0 Å². The highest BCUT2D eigenvalue weighted by Gasteiger charge is 2.28. The van der Waals surface area contributed by atoms with Crippen molar-refractivity contribution < 1.29 is 23.9 Å². The minimum Gasteiger partial charge on any atom is -0.493 e. The van der Waals surface area contributed by atoms with E-state index in [2.05, 4.69) is 26.2 Å². The molecule has 15 nitrogen and oxygen atoms in total. The van der Waals surface area contributed by atoms with E-state index in [0.717, 1.165) is 5.56 Å². The molecule has 2 bridgehead atoms. The summed E-state index contributed by atoms with van der Waals surface area (Å²) >= 11 is 0. The largest absolute Gasteiger partial charge is 0.493 e. The highest BCUT2D eigenvalue weighted by atomic mass is 16.5. The predicted molar refractivity (Wildman–Crippen MR) is 177 cm³/mol. The van der Waals surface area contributed by atoms with Gasteiger partial charge in [-0.1, -0.05) is 44.2 Å². The van der Waals surface area contributed by atoms with Crippen molar-refractivity contribution in [2.45, 2.75) is 26.4 Å².